The molecule has 24 heavy (non-hydrogen) atoms. The number of hydrogen-bond donors (Lipinski definition) is 0. The van der Waals surface area contributed by atoms with Crippen molar-refractivity contribution in [2.24, 2.45) is 11.8 Å². The molecule has 0 saturated heterocycles. The minimum Gasteiger partial charge on any atom is -0.477 e. The van der Waals surface area contributed by atoms with E-state index < -0.39 is 6.43 Å². The van der Waals surface area contributed by atoms with Crippen molar-refractivity contribution >= 4 is 0 Å². The number of ether oxygens (including phenoxy) is 1. The maximum absolute atomic E-state index is 12.8. The quantitative estimate of drug-likeness (QED) is 0.675. The van der Waals surface area contributed by atoms with Gasteiger partial charge in [0.25, 0.3) is 6.43 Å². The predicted molar refractivity (Wildman–Crippen MR) is 91.3 cm³/mol. The Morgan fingerprint density at radius 3 is 2.46 bits per heavy atom. The van der Waals surface area contributed by atoms with Gasteiger partial charge < -0.3 is 4.74 Å². The van der Waals surface area contributed by atoms with Crippen LogP contribution in [0.3, 0.4) is 0 Å². The van der Waals surface area contributed by atoms with Gasteiger partial charge in [0.1, 0.15) is 5.69 Å². The molecule has 2 aromatic heterocycles. The number of halogens is 2. The van der Waals surface area contributed by atoms with Gasteiger partial charge in [-0.2, -0.15) is 0 Å². The molecule has 2 aromatic rings. The van der Waals surface area contributed by atoms with E-state index in [1.54, 1.807) is 12.3 Å². The van der Waals surface area contributed by atoms with Gasteiger partial charge in [0.2, 0.25) is 5.88 Å². The molecule has 0 aliphatic carbocycles. The molecule has 5 heteroatoms. The number of alkyl halides is 2. The van der Waals surface area contributed by atoms with E-state index in [2.05, 4.69) is 30.7 Å². The van der Waals surface area contributed by atoms with Crippen LogP contribution in [0.2, 0.25) is 0 Å². The van der Waals surface area contributed by atoms with Crippen LogP contribution in [0.15, 0.2) is 30.6 Å². The van der Waals surface area contributed by atoms with E-state index in [1.165, 1.54) is 12.3 Å². The third-order valence-corrected chi connectivity index (χ3v) is 3.75. The second-order valence-corrected chi connectivity index (χ2v) is 6.66. The molecule has 0 N–H and O–H groups in total. The Morgan fingerprint density at radius 2 is 1.83 bits per heavy atom. The summed E-state index contributed by atoms with van der Waals surface area (Å²) in [5.41, 5.74) is 2.11. The van der Waals surface area contributed by atoms with Gasteiger partial charge in [0.05, 0.1) is 6.61 Å². The van der Waals surface area contributed by atoms with Crippen LogP contribution in [-0.2, 0) is 0 Å². The topological polar surface area (TPSA) is 35.0 Å². The van der Waals surface area contributed by atoms with Crippen molar-refractivity contribution in [1.82, 2.24) is 9.97 Å². The molecular formula is C19H24F2N2O. The Kier molecular flexibility index (Phi) is 6.23. The fraction of sp³-hybridized carbons (Fsp3) is 0.474. The second-order valence-electron chi connectivity index (χ2n) is 6.66. The number of aromatic nitrogens is 2. The maximum Gasteiger partial charge on any atom is 0.280 e. The van der Waals surface area contributed by atoms with E-state index >= 15 is 0 Å². The third kappa shape index (κ3) is 4.98. The van der Waals surface area contributed by atoms with Gasteiger partial charge in [-0.15, -0.1) is 0 Å². The Balaban J connectivity index is 2.11. The monoisotopic (exact) mass is 334 g/mol. The lowest BCUT2D eigenvalue weighted by Gasteiger charge is -2.16. The third-order valence-electron chi connectivity index (χ3n) is 3.75. The molecule has 0 amide bonds. The van der Waals surface area contributed by atoms with Gasteiger partial charge in [-0.25, -0.2) is 13.8 Å². The highest BCUT2D eigenvalue weighted by Crippen LogP contribution is 2.27. The molecule has 1 atom stereocenters. The molecule has 0 radical (unpaired) electrons. The minimum absolute atomic E-state index is 0.229. The lowest BCUT2D eigenvalue weighted by Crippen LogP contribution is -2.12. The Bertz CT molecular complexity index is 674. The van der Waals surface area contributed by atoms with Gasteiger partial charge in [-0.3, -0.25) is 4.98 Å². The number of aryl methyl sites for hydroxylation is 1. The van der Waals surface area contributed by atoms with E-state index in [4.69, 9.17) is 4.74 Å². The summed E-state index contributed by atoms with van der Waals surface area (Å²) in [6.07, 6.45) is 1.57. The Morgan fingerprint density at radius 1 is 1.08 bits per heavy atom. The lowest BCUT2D eigenvalue weighted by atomic mass is 10.00. The fourth-order valence-electron chi connectivity index (χ4n) is 2.71. The summed E-state index contributed by atoms with van der Waals surface area (Å²) < 4.78 is 31.4. The zero-order valence-corrected chi connectivity index (χ0v) is 14.6. The molecule has 2 rings (SSSR count). The summed E-state index contributed by atoms with van der Waals surface area (Å²) in [7, 11) is 0. The number of pyridine rings is 2. The fourth-order valence-corrected chi connectivity index (χ4v) is 2.71. The molecule has 130 valence electrons. The summed E-state index contributed by atoms with van der Waals surface area (Å²) in [5, 5.41) is 0. The van der Waals surface area contributed by atoms with Gasteiger partial charge in [-0.1, -0.05) is 20.8 Å². The van der Waals surface area contributed by atoms with Crippen molar-refractivity contribution in [3.63, 3.8) is 0 Å². The molecule has 0 spiro atoms. The summed E-state index contributed by atoms with van der Waals surface area (Å²) >= 11 is 0. The molecule has 0 bridgehead atoms. The smallest absolute Gasteiger partial charge is 0.280 e. The molecule has 0 aromatic carbocycles. The standard InChI is InChI=1S/C19H24F2N2O/c1-12(2)7-13(3)11-24-19-14(4)8-16(10-23-19)15-5-6-22-17(9-15)18(20)21/h5-6,8-10,12-13,18H,7,11H2,1-4H3. The van der Waals surface area contributed by atoms with Gasteiger partial charge in [-0.05, 0) is 48.9 Å². The van der Waals surface area contributed by atoms with Crippen LogP contribution in [0, 0.1) is 18.8 Å². The van der Waals surface area contributed by atoms with E-state index in [-0.39, 0.29) is 5.69 Å². The van der Waals surface area contributed by atoms with Crippen molar-refractivity contribution in [2.45, 2.75) is 40.5 Å². The minimum atomic E-state index is -2.58. The zero-order valence-electron chi connectivity index (χ0n) is 14.6. The summed E-state index contributed by atoms with van der Waals surface area (Å²) in [6.45, 7) is 9.07. The SMILES string of the molecule is Cc1cc(-c2ccnc(C(F)F)c2)cnc1OCC(C)CC(C)C. The van der Waals surface area contributed by atoms with Crippen molar-refractivity contribution < 1.29 is 13.5 Å². The molecule has 2 heterocycles. The zero-order chi connectivity index (χ0) is 17.7. The van der Waals surface area contributed by atoms with E-state index in [0.29, 0.717) is 29.9 Å². The van der Waals surface area contributed by atoms with Crippen LogP contribution in [0.1, 0.15) is 44.9 Å². The molecule has 0 fully saturated rings. The largest absolute Gasteiger partial charge is 0.477 e. The number of hydrogen-bond acceptors (Lipinski definition) is 3. The summed E-state index contributed by atoms with van der Waals surface area (Å²) in [6, 6.07) is 5.00. The van der Waals surface area contributed by atoms with E-state index in [9.17, 15) is 8.78 Å². The molecule has 3 nitrogen and oxygen atoms in total. The Hall–Kier alpha value is -2.04. The molecule has 0 aliphatic rings. The van der Waals surface area contributed by atoms with Crippen LogP contribution in [0.25, 0.3) is 11.1 Å². The normalized spacial score (nSPS) is 12.7. The van der Waals surface area contributed by atoms with E-state index in [1.807, 2.05) is 13.0 Å². The predicted octanol–water partition coefficient (Wildman–Crippen LogP) is 5.45. The van der Waals surface area contributed by atoms with Gasteiger partial charge >= 0.3 is 0 Å². The molecule has 0 aliphatic heterocycles. The van der Waals surface area contributed by atoms with Crippen molar-refractivity contribution in [2.75, 3.05) is 6.61 Å². The highest BCUT2D eigenvalue weighted by Gasteiger charge is 2.12. The molecular weight excluding hydrogens is 310 g/mol. The van der Waals surface area contributed by atoms with E-state index in [0.717, 1.165) is 17.5 Å². The maximum atomic E-state index is 12.8. The van der Waals surface area contributed by atoms with Crippen LogP contribution in [0.5, 0.6) is 5.88 Å². The number of nitrogens with zero attached hydrogens (tertiary/aromatic N) is 2. The molecule has 0 saturated carbocycles. The van der Waals surface area contributed by atoms with Gasteiger partial charge in [0.15, 0.2) is 0 Å². The first-order valence-corrected chi connectivity index (χ1v) is 8.20. The van der Waals surface area contributed by atoms with Crippen LogP contribution >= 0.6 is 0 Å². The van der Waals surface area contributed by atoms with Crippen molar-refractivity contribution in [3.05, 3.63) is 41.9 Å². The lowest BCUT2D eigenvalue weighted by molar-refractivity contribution is 0.146. The van der Waals surface area contributed by atoms with Gasteiger partial charge in [0, 0.05) is 23.5 Å². The van der Waals surface area contributed by atoms with Crippen molar-refractivity contribution in [3.8, 4) is 17.0 Å². The first-order chi connectivity index (χ1) is 11.4. The van der Waals surface area contributed by atoms with Crippen molar-refractivity contribution in [1.29, 1.82) is 0 Å². The van der Waals surface area contributed by atoms with Crippen LogP contribution < -0.4 is 4.74 Å². The average molecular weight is 334 g/mol. The summed E-state index contributed by atoms with van der Waals surface area (Å²) in [5.74, 6) is 1.69. The average Bonchev–Trinajstić information content (AvgIpc) is 2.53. The second kappa shape index (κ2) is 8.18. The Labute approximate surface area is 142 Å². The van der Waals surface area contributed by atoms with Crippen LogP contribution in [0.4, 0.5) is 8.78 Å². The number of rotatable bonds is 7. The highest BCUT2D eigenvalue weighted by molar-refractivity contribution is 5.64. The first kappa shape index (κ1) is 18.3. The van der Waals surface area contributed by atoms with Crippen LogP contribution in [-0.4, -0.2) is 16.6 Å². The first-order valence-electron chi connectivity index (χ1n) is 8.20. The highest BCUT2D eigenvalue weighted by atomic mass is 19.3. The molecule has 1 unspecified atom stereocenters. The summed E-state index contributed by atoms with van der Waals surface area (Å²) in [4.78, 5) is 8.03.